The summed E-state index contributed by atoms with van der Waals surface area (Å²) in [6, 6.07) is 0. The number of carbonyl (C=O) groups is 1. The third kappa shape index (κ3) is 1.34. The van der Waals surface area contributed by atoms with Crippen LogP contribution in [0.25, 0.3) is 0 Å². The number of amides is 1. The zero-order valence-corrected chi connectivity index (χ0v) is 7.16. The fraction of sp³-hybridized carbons (Fsp3) is 0.571. The van der Waals surface area contributed by atoms with E-state index in [4.69, 9.17) is 5.73 Å². The first-order chi connectivity index (χ1) is 6.29. The number of anilines is 1. The predicted molar refractivity (Wildman–Crippen MR) is 45.9 cm³/mol. The van der Waals surface area contributed by atoms with E-state index >= 15 is 0 Å². The van der Waals surface area contributed by atoms with Crippen molar-refractivity contribution in [3.05, 3.63) is 5.69 Å². The Hall–Kier alpha value is -1.59. The third-order valence-corrected chi connectivity index (χ3v) is 2.17. The van der Waals surface area contributed by atoms with Crippen molar-refractivity contribution in [1.82, 2.24) is 20.3 Å². The maximum Gasteiger partial charge on any atom is 0.278 e. The molecular weight excluding hydrogens is 170 g/mol. The molecule has 0 unspecified atom stereocenters. The summed E-state index contributed by atoms with van der Waals surface area (Å²) < 4.78 is 0. The van der Waals surface area contributed by atoms with Gasteiger partial charge in [0.1, 0.15) is 0 Å². The first kappa shape index (κ1) is 8.03. The Morgan fingerprint density at radius 3 is 2.62 bits per heavy atom. The van der Waals surface area contributed by atoms with Crippen molar-refractivity contribution in [3.63, 3.8) is 0 Å². The number of nitrogens with two attached hydrogens (primary N) is 1. The van der Waals surface area contributed by atoms with Gasteiger partial charge in [0.15, 0.2) is 11.5 Å². The highest BCUT2D eigenvalue weighted by Gasteiger charge is 2.23. The zero-order valence-electron chi connectivity index (χ0n) is 7.16. The van der Waals surface area contributed by atoms with Crippen molar-refractivity contribution in [3.8, 4) is 0 Å². The monoisotopic (exact) mass is 181 g/mol. The Morgan fingerprint density at radius 2 is 2.08 bits per heavy atom. The predicted octanol–water partition coefficient (Wildman–Crippen LogP) is -0.377. The van der Waals surface area contributed by atoms with Crippen LogP contribution in [0.2, 0.25) is 0 Å². The maximum atomic E-state index is 11.7. The minimum Gasteiger partial charge on any atom is -0.380 e. The van der Waals surface area contributed by atoms with Crippen LogP contribution in [0, 0.1) is 0 Å². The summed E-state index contributed by atoms with van der Waals surface area (Å²) in [4.78, 5) is 13.4. The normalized spacial score (nSPS) is 16.5. The molecule has 6 nitrogen and oxygen atoms in total. The zero-order chi connectivity index (χ0) is 9.26. The molecule has 0 aliphatic carbocycles. The van der Waals surface area contributed by atoms with Gasteiger partial charge in [-0.25, -0.2) is 0 Å². The number of aromatic amines is 1. The van der Waals surface area contributed by atoms with E-state index in [1.54, 1.807) is 4.90 Å². The second kappa shape index (κ2) is 3.04. The van der Waals surface area contributed by atoms with Crippen molar-refractivity contribution >= 4 is 11.7 Å². The molecule has 0 radical (unpaired) electrons. The number of nitrogens with zero attached hydrogens (tertiary/aromatic N) is 3. The van der Waals surface area contributed by atoms with Crippen molar-refractivity contribution in [2.45, 2.75) is 12.8 Å². The number of likely N-dealkylation sites (tertiary alicyclic amines) is 1. The van der Waals surface area contributed by atoms with Crippen LogP contribution in [0.1, 0.15) is 23.3 Å². The Morgan fingerprint density at radius 1 is 1.38 bits per heavy atom. The van der Waals surface area contributed by atoms with Crippen LogP contribution < -0.4 is 5.73 Å². The fourth-order valence-electron chi connectivity index (χ4n) is 1.47. The summed E-state index contributed by atoms with van der Waals surface area (Å²) >= 11 is 0. The van der Waals surface area contributed by atoms with Gasteiger partial charge in [-0.15, -0.1) is 10.2 Å². The van der Waals surface area contributed by atoms with Crippen LogP contribution >= 0.6 is 0 Å². The van der Waals surface area contributed by atoms with Crippen molar-refractivity contribution in [2.75, 3.05) is 18.8 Å². The minimum absolute atomic E-state index is 0.122. The molecule has 0 atom stereocenters. The third-order valence-electron chi connectivity index (χ3n) is 2.17. The summed E-state index contributed by atoms with van der Waals surface area (Å²) in [5, 5.41) is 9.64. The highest BCUT2D eigenvalue weighted by molar-refractivity contribution is 5.96. The first-order valence-electron chi connectivity index (χ1n) is 4.24. The van der Waals surface area contributed by atoms with E-state index in [1.807, 2.05) is 0 Å². The van der Waals surface area contributed by atoms with E-state index in [9.17, 15) is 4.79 Å². The van der Waals surface area contributed by atoms with Crippen molar-refractivity contribution < 1.29 is 4.79 Å². The Bertz CT molecular complexity index is 314. The highest BCUT2D eigenvalue weighted by atomic mass is 16.2. The molecule has 2 heterocycles. The average Bonchev–Trinajstić information content (AvgIpc) is 2.72. The molecule has 1 amide bonds. The lowest BCUT2D eigenvalue weighted by Gasteiger charge is -2.12. The van der Waals surface area contributed by atoms with Gasteiger partial charge in [-0.05, 0) is 12.8 Å². The lowest BCUT2D eigenvalue weighted by atomic mass is 10.4. The molecule has 0 aromatic carbocycles. The van der Waals surface area contributed by atoms with Gasteiger partial charge in [0.25, 0.3) is 5.91 Å². The lowest BCUT2D eigenvalue weighted by Crippen LogP contribution is -2.28. The van der Waals surface area contributed by atoms with Crippen LogP contribution in [0.5, 0.6) is 0 Å². The molecule has 1 aliphatic heterocycles. The molecule has 2 rings (SSSR count). The van der Waals surface area contributed by atoms with Crippen LogP contribution in [-0.4, -0.2) is 39.3 Å². The Balaban J connectivity index is 2.17. The quantitative estimate of drug-likeness (QED) is 0.618. The lowest BCUT2D eigenvalue weighted by molar-refractivity contribution is 0.0788. The van der Waals surface area contributed by atoms with E-state index in [1.165, 1.54) is 0 Å². The molecule has 0 saturated carbocycles. The van der Waals surface area contributed by atoms with Crippen LogP contribution in [0.3, 0.4) is 0 Å². The second-order valence-corrected chi connectivity index (χ2v) is 3.06. The maximum absolute atomic E-state index is 11.7. The first-order valence-corrected chi connectivity index (χ1v) is 4.24. The smallest absolute Gasteiger partial charge is 0.278 e. The molecule has 6 heteroatoms. The topological polar surface area (TPSA) is 87.9 Å². The number of nitrogen functional groups attached to an aromatic ring is 1. The molecule has 13 heavy (non-hydrogen) atoms. The molecule has 3 N–H and O–H groups in total. The molecular formula is C7H11N5O. The molecule has 1 aliphatic rings. The minimum atomic E-state index is -0.122. The van der Waals surface area contributed by atoms with Crippen LogP contribution in [0.15, 0.2) is 0 Å². The second-order valence-electron chi connectivity index (χ2n) is 3.06. The van der Waals surface area contributed by atoms with E-state index in [0.29, 0.717) is 0 Å². The summed E-state index contributed by atoms with van der Waals surface area (Å²) in [5.41, 5.74) is 5.69. The van der Waals surface area contributed by atoms with Gasteiger partial charge in [-0.3, -0.25) is 4.79 Å². The van der Waals surface area contributed by atoms with Gasteiger partial charge < -0.3 is 10.6 Å². The highest BCUT2D eigenvalue weighted by Crippen LogP contribution is 2.13. The van der Waals surface area contributed by atoms with Gasteiger partial charge in [-0.2, -0.15) is 5.21 Å². The molecule has 1 saturated heterocycles. The molecule has 1 aromatic heterocycles. The van der Waals surface area contributed by atoms with Gasteiger partial charge in [-0.1, -0.05) is 0 Å². The summed E-state index contributed by atoms with van der Waals surface area (Å²) in [6.45, 7) is 1.59. The van der Waals surface area contributed by atoms with E-state index < -0.39 is 0 Å². The van der Waals surface area contributed by atoms with Crippen LogP contribution in [-0.2, 0) is 0 Å². The van der Waals surface area contributed by atoms with Gasteiger partial charge >= 0.3 is 0 Å². The summed E-state index contributed by atoms with van der Waals surface area (Å²) in [6.07, 6.45) is 2.12. The summed E-state index contributed by atoms with van der Waals surface area (Å²) in [7, 11) is 0. The Kier molecular flexibility index (Phi) is 1.88. The van der Waals surface area contributed by atoms with E-state index in [-0.39, 0.29) is 17.4 Å². The number of aromatic nitrogens is 3. The molecule has 1 fully saturated rings. The molecule has 0 spiro atoms. The van der Waals surface area contributed by atoms with Gasteiger partial charge in [0, 0.05) is 13.1 Å². The number of carbonyl (C=O) groups excluding carboxylic acids is 1. The van der Waals surface area contributed by atoms with Gasteiger partial charge in [0.2, 0.25) is 0 Å². The average molecular weight is 181 g/mol. The van der Waals surface area contributed by atoms with Crippen molar-refractivity contribution in [2.24, 2.45) is 0 Å². The molecule has 1 aromatic rings. The van der Waals surface area contributed by atoms with Crippen LogP contribution in [0.4, 0.5) is 5.82 Å². The SMILES string of the molecule is Nc1n[nH]nc1C(=O)N1CCCC1. The Labute approximate surface area is 75.1 Å². The number of hydrogen-bond donors (Lipinski definition) is 2. The standard InChI is InChI=1S/C7H11N5O/c8-6-5(9-11-10-6)7(13)12-3-1-2-4-12/h1-4H2,(H3,8,9,10,11). The molecule has 0 bridgehead atoms. The molecule has 70 valence electrons. The van der Waals surface area contributed by atoms with Crippen molar-refractivity contribution in [1.29, 1.82) is 0 Å². The fourth-order valence-corrected chi connectivity index (χ4v) is 1.47. The van der Waals surface area contributed by atoms with E-state index in [2.05, 4.69) is 15.4 Å². The van der Waals surface area contributed by atoms with E-state index in [0.717, 1.165) is 25.9 Å². The number of H-pyrrole nitrogens is 1. The number of hydrogen-bond acceptors (Lipinski definition) is 4. The summed E-state index contributed by atoms with van der Waals surface area (Å²) in [5.74, 6) is 0.0562. The number of rotatable bonds is 1. The van der Waals surface area contributed by atoms with Gasteiger partial charge in [0.05, 0.1) is 0 Å². The number of nitrogens with one attached hydrogen (secondary N) is 1. The largest absolute Gasteiger partial charge is 0.380 e.